The van der Waals surface area contributed by atoms with E-state index in [4.69, 9.17) is 0 Å². The quantitative estimate of drug-likeness (QED) is 0.141. The van der Waals surface area contributed by atoms with Gasteiger partial charge in [-0.3, -0.25) is 0 Å². The number of rotatable bonds is 9. The van der Waals surface area contributed by atoms with E-state index in [1.165, 1.54) is 77.1 Å². The van der Waals surface area contributed by atoms with E-state index in [-0.39, 0.29) is 0 Å². The number of nitrogens with zero attached hydrogens (tertiary/aromatic N) is 2. The Bertz CT molecular complexity index is 3680. The maximum atomic E-state index is 2.45. The minimum Gasteiger partial charge on any atom is -0.310 e. The van der Waals surface area contributed by atoms with Crippen molar-refractivity contribution in [1.29, 1.82) is 0 Å². The molecule has 0 N–H and O–H groups in total. The molecule has 12 aromatic rings. The van der Waals surface area contributed by atoms with Crippen molar-refractivity contribution in [3.63, 3.8) is 0 Å². The van der Waals surface area contributed by atoms with Gasteiger partial charge in [-0.05, 0) is 128 Å². The molecule has 0 saturated heterocycles. The van der Waals surface area contributed by atoms with E-state index >= 15 is 0 Å². The van der Waals surface area contributed by atoms with E-state index < -0.39 is 0 Å². The highest BCUT2D eigenvalue weighted by Gasteiger charge is 2.19. The van der Waals surface area contributed by atoms with Gasteiger partial charge in [-0.2, -0.15) is 0 Å². The summed E-state index contributed by atoms with van der Waals surface area (Å²) in [6.45, 7) is 0. The maximum Gasteiger partial charge on any atom is 0.0547 e. The molecular formula is C64H44N2. The summed E-state index contributed by atoms with van der Waals surface area (Å²) in [6, 6.07) is 96.9. The summed E-state index contributed by atoms with van der Waals surface area (Å²) in [5, 5.41) is 4.96. The molecule has 0 saturated carbocycles. The number of aromatic nitrogens is 1. The van der Waals surface area contributed by atoms with Crippen LogP contribution in [-0.2, 0) is 0 Å². The van der Waals surface area contributed by atoms with Gasteiger partial charge in [0.25, 0.3) is 0 Å². The monoisotopic (exact) mass is 840 g/mol. The molecule has 0 radical (unpaired) electrons. The summed E-state index contributed by atoms with van der Waals surface area (Å²) < 4.78 is 2.45. The van der Waals surface area contributed by atoms with Gasteiger partial charge >= 0.3 is 0 Å². The van der Waals surface area contributed by atoms with Crippen molar-refractivity contribution in [3.8, 4) is 61.3 Å². The first-order chi connectivity index (χ1) is 32.7. The zero-order valence-electron chi connectivity index (χ0n) is 36.3. The van der Waals surface area contributed by atoms with Crippen molar-refractivity contribution in [2.45, 2.75) is 0 Å². The molecule has 1 heterocycles. The lowest BCUT2D eigenvalue weighted by Gasteiger charge is -2.27. The number of hydrogen-bond donors (Lipinski definition) is 0. The molecule has 0 fully saturated rings. The number of hydrogen-bond acceptors (Lipinski definition) is 1. The van der Waals surface area contributed by atoms with E-state index in [0.717, 1.165) is 33.9 Å². The fraction of sp³-hybridized carbons (Fsp3) is 0. The highest BCUT2D eigenvalue weighted by Crippen LogP contribution is 2.42. The Kier molecular flexibility index (Phi) is 9.89. The first-order valence-corrected chi connectivity index (χ1v) is 22.7. The average molecular weight is 841 g/mol. The topological polar surface area (TPSA) is 8.17 Å². The molecule has 1 aromatic heterocycles. The van der Waals surface area contributed by atoms with Crippen molar-refractivity contribution >= 4 is 49.6 Å². The van der Waals surface area contributed by atoms with Crippen molar-refractivity contribution < 1.29 is 0 Å². The summed E-state index contributed by atoms with van der Waals surface area (Å²) >= 11 is 0. The minimum absolute atomic E-state index is 1.08. The number of fused-ring (bicyclic) bond motifs is 4. The second-order valence-electron chi connectivity index (χ2n) is 17.0. The number of anilines is 3. The van der Waals surface area contributed by atoms with Crippen LogP contribution in [0.1, 0.15) is 0 Å². The van der Waals surface area contributed by atoms with Crippen LogP contribution in [0.2, 0.25) is 0 Å². The molecule has 11 aromatic carbocycles. The maximum absolute atomic E-state index is 2.45. The molecule has 0 unspecified atom stereocenters. The summed E-state index contributed by atoms with van der Waals surface area (Å²) in [7, 11) is 0. The number of para-hydroxylation sites is 2. The molecular weight excluding hydrogens is 797 g/mol. The standard InChI is InChI=1S/C64H44N2/c1-3-15-45(16-4-1)51-21-13-22-52(41-51)48-31-36-56(37-32-48)65(57-38-33-49(34-39-57)53-30-29-47-19-7-8-20-50(47)42-53)58-24-14-23-55(43-58)59-25-9-11-27-62(59)66-63-28-12-10-26-60(63)61-40-35-54(44-64(61)66)46-17-5-2-6-18-46/h1-44H. The second kappa shape index (κ2) is 16.8. The molecule has 0 amide bonds. The molecule has 0 aliphatic rings. The van der Waals surface area contributed by atoms with Gasteiger partial charge < -0.3 is 9.47 Å². The molecule has 2 nitrogen and oxygen atoms in total. The third-order valence-corrected chi connectivity index (χ3v) is 13.0. The summed E-state index contributed by atoms with van der Waals surface area (Å²) in [5.74, 6) is 0. The summed E-state index contributed by atoms with van der Waals surface area (Å²) in [4.78, 5) is 2.38. The van der Waals surface area contributed by atoms with E-state index in [2.05, 4.69) is 276 Å². The van der Waals surface area contributed by atoms with Crippen LogP contribution in [0, 0.1) is 0 Å². The molecule has 12 rings (SSSR count). The third-order valence-electron chi connectivity index (χ3n) is 13.0. The van der Waals surface area contributed by atoms with Gasteiger partial charge in [-0.1, -0.05) is 200 Å². The van der Waals surface area contributed by atoms with Crippen LogP contribution in [-0.4, -0.2) is 4.57 Å². The first kappa shape index (κ1) is 38.9. The normalized spacial score (nSPS) is 11.3. The molecule has 0 bridgehead atoms. The summed E-state index contributed by atoms with van der Waals surface area (Å²) in [6.07, 6.45) is 0. The molecule has 66 heavy (non-hydrogen) atoms. The van der Waals surface area contributed by atoms with E-state index in [0.29, 0.717) is 0 Å². The van der Waals surface area contributed by atoms with Crippen LogP contribution in [0.5, 0.6) is 0 Å². The lowest BCUT2D eigenvalue weighted by Crippen LogP contribution is -2.10. The molecule has 310 valence electrons. The molecule has 0 aliphatic heterocycles. The highest BCUT2D eigenvalue weighted by atomic mass is 15.1. The van der Waals surface area contributed by atoms with Crippen molar-refractivity contribution in [2.75, 3.05) is 4.90 Å². The SMILES string of the molecule is c1ccc(-c2cccc(-c3ccc(N(c4ccc(-c5ccc6ccccc6c5)cc4)c4cccc(-c5ccccc5-n5c6ccccc6c6ccc(-c7ccccc7)cc65)c4)cc3)c2)cc1. The minimum atomic E-state index is 1.08. The average Bonchev–Trinajstić information content (AvgIpc) is 3.73. The molecule has 0 atom stereocenters. The van der Waals surface area contributed by atoms with E-state index in [9.17, 15) is 0 Å². The molecule has 0 spiro atoms. The van der Waals surface area contributed by atoms with Gasteiger partial charge in [-0.25, -0.2) is 0 Å². The Morgan fingerprint density at radius 3 is 1.44 bits per heavy atom. The van der Waals surface area contributed by atoms with Crippen LogP contribution in [0.15, 0.2) is 267 Å². The lowest BCUT2D eigenvalue weighted by atomic mass is 9.98. The fourth-order valence-electron chi connectivity index (χ4n) is 9.70. The fourth-order valence-corrected chi connectivity index (χ4v) is 9.70. The molecule has 2 heteroatoms. The zero-order chi connectivity index (χ0) is 43.8. The van der Waals surface area contributed by atoms with Crippen LogP contribution < -0.4 is 4.90 Å². The van der Waals surface area contributed by atoms with Crippen molar-refractivity contribution in [1.82, 2.24) is 4.57 Å². The van der Waals surface area contributed by atoms with E-state index in [1.54, 1.807) is 0 Å². The third kappa shape index (κ3) is 7.21. The Morgan fingerprint density at radius 1 is 0.242 bits per heavy atom. The van der Waals surface area contributed by atoms with Gasteiger partial charge in [0.1, 0.15) is 0 Å². The Balaban J connectivity index is 0.973. The Morgan fingerprint density at radius 2 is 0.727 bits per heavy atom. The number of benzene rings is 11. The lowest BCUT2D eigenvalue weighted by molar-refractivity contribution is 1.18. The van der Waals surface area contributed by atoms with Crippen LogP contribution in [0.4, 0.5) is 17.1 Å². The first-order valence-electron chi connectivity index (χ1n) is 22.7. The highest BCUT2D eigenvalue weighted by molar-refractivity contribution is 6.10. The van der Waals surface area contributed by atoms with Gasteiger partial charge in [0.2, 0.25) is 0 Å². The Labute approximate surface area is 385 Å². The van der Waals surface area contributed by atoms with E-state index in [1.807, 2.05) is 0 Å². The predicted octanol–water partition coefficient (Wildman–Crippen LogP) is 17.7. The van der Waals surface area contributed by atoms with Gasteiger partial charge in [0, 0.05) is 33.4 Å². The molecule has 0 aliphatic carbocycles. The van der Waals surface area contributed by atoms with Crippen molar-refractivity contribution in [3.05, 3.63) is 267 Å². The van der Waals surface area contributed by atoms with Gasteiger partial charge in [0.05, 0.1) is 16.7 Å². The van der Waals surface area contributed by atoms with Gasteiger partial charge in [-0.15, -0.1) is 0 Å². The van der Waals surface area contributed by atoms with Crippen molar-refractivity contribution in [2.24, 2.45) is 0 Å². The largest absolute Gasteiger partial charge is 0.310 e. The van der Waals surface area contributed by atoms with Crippen LogP contribution in [0.25, 0.3) is 93.9 Å². The summed E-state index contributed by atoms with van der Waals surface area (Å²) in [5.41, 5.74) is 18.6. The zero-order valence-corrected chi connectivity index (χ0v) is 36.3. The predicted molar refractivity (Wildman–Crippen MR) is 280 cm³/mol. The second-order valence-corrected chi connectivity index (χ2v) is 17.0. The van der Waals surface area contributed by atoms with Crippen LogP contribution >= 0.6 is 0 Å². The van der Waals surface area contributed by atoms with Gasteiger partial charge in [0.15, 0.2) is 0 Å². The Hall–Kier alpha value is -8.72. The smallest absolute Gasteiger partial charge is 0.0547 e. The van der Waals surface area contributed by atoms with Crippen LogP contribution in [0.3, 0.4) is 0 Å².